The summed E-state index contributed by atoms with van der Waals surface area (Å²) in [6.07, 6.45) is 1.94. The van der Waals surface area contributed by atoms with E-state index in [4.69, 9.17) is 16.3 Å². The number of hydrogen-bond acceptors (Lipinski definition) is 3. The van der Waals surface area contributed by atoms with Crippen molar-refractivity contribution in [3.8, 4) is 0 Å². The van der Waals surface area contributed by atoms with Crippen LogP contribution in [0.3, 0.4) is 0 Å². The monoisotopic (exact) mass is 277 g/mol. The van der Waals surface area contributed by atoms with E-state index in [1.807, 2.05) is 6.92 Å². The standard InChI is InChI=1S/C6H15O2PS2.Cu/c1-3-5-8-9(7,10)11-6-4-2;/h3-6H2,1-2H3,(H,7,10);. The molecule has 1 atom stereocenters. The van der Waals surface area contributed by atoms with Gasteiger partial charge in [0.25, 0.3) is 0 Å². The normalized spacial score (nSPS) is 14.9. The summed E-state index contributed by atoms with van der Waals surface area (Å²) in [5.74, 6) is 0.886. The van der Waals surface area contributed by atoms with Crippen molar-refractivity contribution < 1.29 is 26.5 Å². The van der Waals surface area contributed by atoms with Gasteiger partial charge in [-0.3, -0.25) is 0 Å². The van der Waals surface area contributed by atoms with Gasteiger partial charge < -0.3 is 9.42 Å². The largest absolute Gasteiger partial charge is 0.337 e. The van der Waals surface area contributed by atoms with Crippen LogP contribution < -0.4 is 0 Å². The van der Waals surface area contributed by atoms with Crippen LogP contribution in [0.4, 0.5) is 0 Å². The van der Waals surface area contributed by atoms with E-state index in [-0.39, 0.29) is 17.1 Å². The maximum atomic E-state index is 9.44. The van der Waals surface area contributed by atoms with Crippen LogP contribution in [0.2, 0.25) is 0 Å². The van der Waals surface area contributed by atoms with E-state index in [1.54, 1.807) is 0 Å². The first-order valence-corrected chi connectivity index (χ1v) is 8.00. The number of rotatable bonds is 6. The SMILES string of the molecule is CCCOP(O)(=S)SCCC.[Cu]. The molecule has 0 aliphatic rings. The van der Waals surface area contributed by atoms with Crippen molar-refractivity contribution in [1.82, 2.24) is 0 Å². The van der Waals surface area contributed by atoms with Crippen molar-refractivity contribution >= 4 is 28.9 Å². The zero-order valence-corrected chi connectivity index (χ0v) is 10.7. The first kappa shape index (κ1) is 15.9. The van der Waals surface area contributed by atoms with Crippen LogP contribution in [0.5, 0.6) is 0 Å². The minimum Gasteiger partial charge on any atom is -0.337 e. The van der Waals surface area contributed by atoms with Crippen LogP contribution in [-0.4, -0.2) is 17.3 Å². The van der Waals surface area contributed by atoms with Crippen molar-refractivity contribution in [3.63, 3.8) is 0 Å². The van der Waals surface area contributed by atoms with E-state index in [0.29, 0.717) is 6.61 Å². The summed E-state index contributed by atoms with van der Waals surface area (Å²) in [6.45, 7) is 4.63. The van der Waals surface area contributed by atoms with Gasteiger partial charge in [0.15, 0.2) is 0 Å². The first-order chi connectivity index (χ1) is 5.12. The zero-order chi connectivity index (χ0) is 8.74. The van der Waals surface area contributed by atoms with Crippen molar-refractivity contribution in [2.75, 3.05) is 12.4 Å². The van der Waals surface area contributed by atoms with E-state index < -0.39 is 5.69 Å². The summed E-state index contributed by atoms with van der Waals surface area (Å²) >= 11 is 6.26. The van der Waals surface area contributed by atoms with Crippen molar-refractivity contribution in [2.24, 2.45) is 0 Å². The maximum absolute atomic E-state index is 9.44. The molecule has 0 rings (SSSR count). The van der Waals surface area contributed by atoms with Gasteiger partial charge >= 0.3 is 0 Å². The Hall–Kier alpha value is 1.44. The third kappa shape index (κ3) is 9.53. The molecule has 0 aromatic heterocycles. The van der Waals surface area contributed by atoms with Crippen LogP contribution >= 0.6 is 17.1 Å². The van der Waals surface area contributed by atoms with Crippen molar-refractivity contribution in [1.29, 1.82) is 0 Å². The van der Waals surface area contributed by atoms with E-state index >= 15 is 0 Å². The summed E-state index contributed by atoms with van der Waals surface area (Å²) in [5, 5.41) is 0. The Morgan fingerprint density at radius 1 is 1.42 bits per heavy atom. The summed E-state index contributed by atoms with van der Waals surface area (Å²) in [5.41, 5.74) is -2.48. The van der Waals surface area contributed by atoms with E-state index in [0.717, 1.165) is 18.6 Å². The van der Waals surface area contributed by atoms with Gasteiger partial charge in [0.05, 0.1) is 6.61 Å². The molecule has 0 aliphatic heterocycles. The second-order valence-corrected chi connectivity index (χ2v) is 8.43. The van der Waals surface area contributed by atoms with E-state index in [9.17, 15) is 4.89 Å². The van der Waals surface area contributed by atoms with Crippen LogP contribution in [0.25, 0.3) is 0 Å². The molecule has 0 aromatic rings. The van der Waals surface area contributed by atoms with Crippen LogP contribution in [0.1, 0.15) is 26.7 Å². The fourth-order valence-electron chi connectivity index (χ4n) is 0.451. The fraction of sp³-hybridized carbons (Fsp3) is 1.00. The molecule has 0 amide bonds. The predicted octanol–water partition coefficient (Wildman–Crippen LogP) is 2.77. The quantitative estimate of drug-likeness (QED) is 0.597. The van der Waals surface area contributed by atoms with Gasteiger partial charge in [-0.2, -0.15) is 0 Å². The summed E-state index contributed by atoms with van der Waals surface area (Å²) in [6, 6.07) is 0. The van der Waals surface area contributed by atoms with Gasteiger partial charge in [-0.15, -0.1) is 0 Å². The summed E-state index contributed by atoms with van der Waals surface area (Å²) in [7, 11) is 0. The third-order valence-corrected chi connectivity index (χ3v) is 5.45. The minimum absolute atomic E-state index is 0. The Morgan fingerprint density at radius 3 is 2.42 bits per heavy atom. The van der Waals surface area contributed by atoms with Crippen LogP contribution in [0.15, 0.2) is 0 Å². The molecule has 0 aliphatic carbocycles. The Morgan fingerprint density at radius 2 is 2.00 bits per heavy atom. The molecule has 0 saturated carbocycles. The van der Waals surface area contributed by atoms with E-state index in [1.165, 1.54) is 11.4 Å². The molecule has 0 heterocycles. The van der Waals surface area contributed by atoms with Gasteiger partial charge in [0, 0.05) is 22.8 Å². The van der Waals surface area contributed by atoms with Crippen molar-refractivity contribution in [2.45, 2.75) is 26.7 Å². The fourth-order valence-corrected chi connectivity index (χ4v) is 3.93. The molecular formula is C6H15CuO2PS2. The van der Waals surface area contributed by atoms with Crippen LogP contribution in [0, 0.1) is 0 Å². The number of hydrogen-bond donors (Lipinski definition) is 1. The van der Waals surface area contributed by atoms with Crippen molar-refractivity contribution in [3.05, 3.63) is 0 Å². The molecule has 79 valence electrons. The zero-order valence-electron chi connectivity index (χ0n) is 7.25. The minimum atomic E-state index is -2.48. The Labute approximate surface area is 94.2 Å². The Kier molecular flexibility index (Phi) is 11.9. The average Bonchev–Trinajstić information content (AvgIpc) is 1.97. The van der Waals surface area contributed by atoms with Gasteiger partial charge in [-0.25, -0.2) is 0 Å². The predicted molar refractivity (Wildman–Crippen MR) is 55.5 cm³/mol. The molecule has 0 fully saturated rings. The Bertz CT molecular complexity index is 134. The second-order valence-electron chi connectivity index (χ2n) is 2.14. The van der Waals surface area contributed by atoms with Gasteiger partial charge in [-0.05, 0) is 24.6 Å². The van der Waals surface area contributed by atoms with Gasteiger partial charge in [0.1, 0.15) is 0 Å². The molecule has 12 heavy (non-hydrogen) atoms. The molecule has 0 bridgehead atoms. The molecule has 0 saturated heterocycles. The molecule has 1 radical (unpaired) electrons. The third-order valence-electron chi connectivity index (χ3n) is 0.917. The smallest absolute Gasteiger partial charge is 0.244 e. The van der Waals surface area contributed by atoms with E-state index in [2.05, 4.69) is 6.92 Å². The first-order valence-electron chi connectivity index (χ1n) is 3.74. The van der Waals surface area contributed by atoms with Gasteiger partial charge in [-0.1, -0.05) is 25.2 Å². The molecule has 2 nitrogen and oxygen atoms in total. The Balaban J connectivity index is 0. The summed E-state index contributed by atoms with van der Waals surface area (Å²) in [4.78, 5) is 9.44. The molecule has 1 unspecified atom stereocenters. The molecule has 0 aromatic carbocycles. The molecule has 6 heteroatoms. The second kappa shape index (κ2) is 9.01. The molecule has 1 N–H and O–H groups in total. The topological polar surface area (TPSA) is 29.5 Å². The van der Waals surface area contributed by atoms with Gasteiger partial charge in [0.2, 0.25) is 5.69 Å². The average molecular weight is 278 g/mol. The van der Waals surface area contributed by atoms with Crippen LogP contribution in [-0.2, 0) is 33.4 Å². The summed E-state index contributed by atoms with van der Waals surface area (Å²) < 4.78 is 5.13. The molecular weight excluding hydrogens is 263 g/mol. The molecule has 0 spiro atoms. The maximum Gasteiger partial charge on any atom is 0.244 e.